The normalized spacial score (nSPS) is 13.5. The van der Waals surface area contributed by atoms with Crippen LogP contribution in [0.2, 0.25) is 0 Å². The van der Waals surface area contributed by atoms with Crippen LogP contribution in [0, 0.1) is 0 Å². The van der Waals surface area contributed by atoms with Crippen LogP contribution in [0.15, 0.2) is 33.5 Å². The van der Waals surface area contributed by atoms with E-state index in [1.807, 2.05) is 0 Å². The third kappa shape index (κ3) is 2.90. The lowest BCUT2D eigenvalue weighted by molar-refractivity contribution is 0.0902. The molecule has 132 valence electrons. The van der Waals surface area contributed by atoms with E-state index in [1.165, 1.54) is 0 Å². The van der Waals surface area contributed by atoms with E-state index in [1.54, 1.807) is 38.1 Å². The molecule has 0 radical (unpaired) electrons. The maximum atomic E-state index is 12.6. The van der Waals surface area contributed by atoms with E-state index in [4.69, 9.17) is 13.9 Å². The first-order chi connectivity index (χ1) is 12.1. The fourth-order valence-corrected chi connectivity index (χ4v) is 2.82. The Hall–Kier alpha value is -3.03. The van der Waals surface area contributed by atoms with E-state index in [0.29, 0.717) is 22.2 Å². The van der Waals surface area contributed by atoms with Crippen molar-refractivity contribution in [2.75, 3.05) is 24.8 Å². The summed E-state index contributed by atoms with van der Waals surface area (Å²) in [4.78, 5) is 37.2. The van der Waals surface area contributed by atoms with Crippen LogP contribution in [-0.2, 0) is 15.9 Å². The molecule has 2 aromatic rings. The average molecular weight is 346 g/mol. The second kappa shape index (κ2) is 6.84. The summed E-state index contributed by atoms with van der Waals surface area (Å²) < 4.78 is 15.4. The molecule has 1 aromatic heterocycles. The Morgan fingerprint density at radius 3 is 2.52 bits per heavy atom. The molecule has 1 aromatic carbocycles. The molecule has 2 amide bonds. The Balaban J connectivity index is 2.23. The van der Waals surface area contributed by atoms with Gasteiger partial charge < -0.3 is 13.9 Å². The molecule has 8 heteroatoms. The summed E-state index contributed by atoms with van der Waals surface area (Å²) in [6, 6.07) is 6.83. The molecule has 1 aliphatic rings. The van der Waals surface area contributed by atoms with E-state index in [2.05, 4.69) is 0 Å². The van der Waals surface area contributed by atoms with Crippen molar-refractivity contribution in [2.45, 2.75) is 20.3 Å². The summed E-state index contributed by atoms with van der Waals surface area (Å²) in [7, 11) is 0. The Labute approximate surface area is 143 Å². The Morgan fingerprint density at radius 2 is 1.80 bits per heavy atom. The first kappa shape index (κ1) is 16.8. The van der Waals surface area contributed by atoms with Crippen LogP contribution in [0.5, 0.6) is 0 Å². The standard InChI is InChI=1S/C17H18N2O6/c1-3-23-16(21)18-10-9-12-14(19(18)17(22)24-4-2)11-7-5-6-8-13(11)25-15(12)20/h5-8H,3-4,9-10H2,1-2H3. The summed E-state index contributed by atoms with van der Waals surface area (Å²) in [5.41, 5.74) is 0.412. The minimum absolute atomic E-state index is 0.105. The zero-order valence-corrected chi connectivity index (χ0v) is 14.0. The van der Waals surface area contributed by atoms with E-state index in [0.717, 1.165) is 10.0 Å². The number of ether oxygens (including phenoxy) is 2. The van der Waals surface area contributed by atoms with E-state index < -0.39 is 17.8 Å². The maximum absolute atomic E-state index is 12.6. The van der Waals surface area contributed by atoms with Crippen molar-refractivity contribution >= 4 is 28.8 Å². The van der Waals surface area contributed by atoms with Crippen molar-refractivity contribution in [3.05, 3.63) is 40.2 Å². The van der Waals surface area contributed by atoms with Crippen molar-refractivity contribution in [2.24, 2.45) is 0 Å². The van der Waals surface area contributed by atoms with Crippen LogP contribution in [-0.4, -0.2) is 37.0 Å². The van der Waals surface area contributed by atoms with Gasteiger partial charge in [0.15, 0.2) is 0 Å². The van der Waals surface area contributed by atoms with Gasteiger partial charge in [0.05, 0.1) is 31.0 Å². The number of hydrogen-bond acceptors (Lipinski definition) is 6. The fraction of sp³-hybridized carbons (Fsp3) is 0.353. The van der Waals surface area contributed by atoms with Gasteiger partial charge in [-0.2, -0.15) is 5.01 Å². The number of carbonyl (C=O) groups excluding carboxylic acids is 2. The van der Waals surface area contributed by atoms with Gasteiger partial charge in [-0.25, -0.2) is 19.4 Å². The second-order valence-electron chi connectivity index (χ2n) is 5.30. The third-order valence-electron chi connectivity index (χ3n) is 3.82. The van der Waals surface area contributed by atoms with Crippen LogP contribution in [0.4, 0.5) is 15.3 Å². The number of para-hydroxylation sites is 1. The third-order valence-corrected chi connectivity index (χ3v) is 3.82. The Morgan fingerprint density at radius 1 is 1.12 bits per heavy atom. The number of benzene rings is 1. The van der Waals surface area contributed by atoms with Gasteiger partial charge in [-0.05, 0) is 26.0 Å². The molecule has 0 aliphatic carbocycles. The molecule has 0 fully saturated rings. The van der Waals surface area contributed by atoms with E-state index in [9.17, 15) is 14.4 Å². The topological polar surface area (TPSA) is 89.3 Å². The second-order valence-corrected chi connectivity index (χ2v) is 5.30. The monoisotopic (exact) mass is 346 g/mol. The number of anilines is 1. The van der Waals surface area contributed by atoms with Gasteiger partial charge in [0.25, 0.3) is 0 Å². The summed E-state index contributed by atoms with van der Waals surface area (Å²) in [5, 5.41) is 2.76. The number of carbonyl (C=O) groups is 2. The van der Waals surface area contributed by atoms with Crippen molar-refractivity contribution in [3.8, 4) is 0 Å². The van der Waals surface area contributed by atoms with Crippen molar-refractivity contribution in [1.29, 1.82) is 0 Å². The lowest BCUT2D eigenvalue weighted by Gasteiger charge is -2.37. The molecular formula is C17H18N2O6. The molecule has 25 heavy (non-hydrogen) atoms. The summed E-state index contributed by atoms with van der Waals surface area (Å²) in [5.74, 6) is 0. The summed E-state index contributed by atoms with van der Waals surface area (Å²) >= 11 is 0. The highest BCUT2D eigenvalue weighted by Crippen LogP contribution is 2.34. The molecule has 0 saturated carbocycles. The van der Waals surface area contributed by atoms with Gasteiger partial charge in [0.1, 0.15) is 5.58 Å². The van der Waals surface area contributed by atoms with Crippen LogP contribution in [0.25, 0.3) is 11.0 Å². The smallest absolute Gasteiger partial charge is 0.433 e. The molecule has 3 rings (SSSR count). The lowest BCUT2D eigenvalue weighted by atomic mass is 10.1. The molecule has 0 bridgehead atoms. The van der Waals surface area contributed by atoms with Gasteiger partial charge in [-0.3, -0.25) is 0 Å². The first-order valence-electron chi connectivity index (χ1n) is 8.04. The van der Waals surface area contributed by atoms with Gasteiger partial charge in [0, 0.05) is 11.8 Å². The zero-order valence-electron chi connectivity index (χ0n) is 14.0. The fourth-order valence-electron chi connectivity index (χ4n) is 2.82. The SMILES string of the molecule is CCOC(=O)N1CCc2c(c3ccccc3oc2=O)N1C(=O)OCC. The number of hydrogen-bond donors (Lipinski definition) is 0. The quantitative estimate of drug-likeness (QED) is 0.777. The molecule has 0 unspecified atom stereocenters. The Bertz CT molecular complexity index is 875. The van der Waals surface area contributed by atoms with Crippen molar-refractivity contribution in [3.63, 3.8) is 0 Å². The highest BCUT2D eigenvalue weighted by atomic mass is 16.6. The number of hydrazine groups is 1. The van der Waals surface area contributed by atoms with Crippen molar-refractivity contribution in [1.82, 2.24) is 5.01 Å². The zero-order chi connectivity index (χ0) is 18.0. The van der Waals surface area contributed by atoms with Gasteiger partial charge in [0.2, 0.25) is 0 Å². The minimum Gasteiger partial charge on any atom is -0.448 e. The number of fused-ring (bicyclic) bond motifs is 3. The lowest BCUT2D eigenvalue weighted by Crippen LogP contribution is -2.54. The molecule has 8 nitrogen and oxygen atoms in total. The molecule has 2 heterocycles. The molecular weight excluding hydrogens is 328 g/mol. The number of rotatable bonds is 2. The predicted octanol–water partition coefficient (Wildman–Crippen LogP) is 2.69. The van der Waals surface area contributed by atoms with Crippen LogP contribution in [0.3, 0.4) is 0 Å². The largest absolute Gasteiger partial charge is 0.448 e. The van der Waals surface area contributed by atoms with Gasteiger partial charge in [-0.15, -0.1) is 0 Å². The average Bonchev–Trinajstić information content (AvgIpc) is 2.61. The highest BCUT2D eigenvalue weighted by molar-refractivity contribution is 6.02. The molecule has 0 spiro atoms. The molecule has 0 saturated heterocycles. The number of amides is 2. The Kier molecular flexibility index (Phi) is 4.60. The molecule has 0 N–H and O–H groups in total. The number of nitrogens with zero attached hydrogens (tertiary/aromatic N) is 2. The summed E-state index contributed by atoms with van der Waals surface area (Å²) in [6.45, 7) is 3.73. The minimum atomic E-state index is -0.757. The van der Waals surface area contributed by atoms with Crippen molar-refractivity contribution < 1.29 is 23.5 Å². The van der Waals surface area contributed by atoms with Crippen LogP contribution >= 0.6 is 0 Å². The highest BCUT2D eigenvalue weighted by Gasteiger charge is 2.37. The van der Waals surface area contributed by atoms with E-state index in [-0.39, 0.29) is 26.2 Å². The summed E-state index contributed by atoms with van der Waals surface area (Å²) in [6.07, 6.45) is -1.19. The molecule has 0 atom stereocenters. The predicted molar refractivity (Wildman–Crippen MR) is 89.4 cm³/mol. The molecule has 1 aliphatic heterocycles. The van der Waals surface area contributed by atoms with Crippen LogP contribution < -0.4 is 10.6 Å². The van der Waals surface area contributed by atoms with E-state index >= 15 is 0 Å². The van der Waals surface area contributed by atoms with Gasteiger partial charge in [-0.1, -0.05) is 12.1 Å². The maximum Gasteiger partial charge on any atom is 0.433 e. The van der Waals surface area contributed by atoms with Gasteiger partial charge >= 0.3 is 17.8 Å². The first-order valence-corrected chi connectivity index (χ1v) is 8.04. The van der Waals surface area contributed by atoms with Crippen LogP contribution in [0.1, 0.15) is 19.4 Å².